The van der Waals surface area contributed by atoms with Gasteiger partial charge in [0.2, 0.25) is 0 Å². The number of carbonyl (C=O) groups is 1. The molecule has 3 aromatic rings. The first kappa shape index (κ1) is 13.6. The predicted molar refractivity (Wildman–Crippen MR) is 84.2 cm³/mol. The lowest BCUT2D eigenvalue weighted by molar-refractivity contribution is 0.0602. The SMILES string of the molecule is O=C(c1cccc(-n2cnnc2)c1)N1CC(c2cccnc2)C1. The van der Waals surface area contributed by atoms with Crippen LogP contribution in [0, 0.1) is 0 Å². The average Bonchev–Trinajstić information content (AvgIpc) is 3.09. The number of pyridine rings is 1. The highest BCUT2D eigenvalue weighted by Gasteiger charge is 2.32. The molecule has 0 bridgehead atoms. The molecule has 0 aliphatic carbocycles. The zero-order valence-corrected chi connectivity index (χ0v) is 12.4. The van der Waals surface area contributed by atoms with E-state index in [1.165, 1.54) is 5.56 Å². The molecule has 0 saturated carbocycles. The molecule has 1 aromatic carbocycles. The van der Waals surface area contributed by atoms with Gasteiger partial charge in [0.05, 0.1) is 0 Å². The van der Waals surface area contributed by atoms with Crippen LogP contribution in [-0.2, 0) is 0 Å². The quantitative estimate of drug-likeness (QED) is 0.741. The minimum Gasteiger partial charge on any atom is -0.337 e. The van der Waals surface area contributed by atoms with Crippen LogP contribution in [0.2, 0.25) is 0 Å². The van der Waals surface area contributed by atoms with Crippen LogP contribution in [0.5, 0.6) is 0 Å². The summed E-state index contributed by atoms with van der Waals surface area (Å²) in [6.45, 7) is 1.47. The second-order valence-electron chi connectivity index (χ2n) is 5.61. The summed E-state index contributed by atoms with van der Waals surface area (Å²) in [5.74, 6) is 0.439. The Morgan fingerprint density at radius 1 is 1.09 bits per heavy atom. The Bertz CT molecular complexity index is 810. The highest BCUT2D eigenvalue weighted by atomic mass is 16.2. The molecule has 6 nitrogen and oxygen atoms in total. The predicted octanol–water partition coefficient (Wildman–Crippen LogP) is 1.90. The zero-order valence-electron chi connectivity index (χ0n) is 12.4. The van der Waals surface area contributed by atoms with Gasteiger partial charge in [0, 0.05) is 42.7 Å². The number of aromatic nitrogens is 4. The number of amides is 1. The number of hydrogen-bond acceptors (Lipinski definition) is 4. The number of rotatable bonds is 3. The van der Waals surface area contributed by atoms with Crippen molar-refractivity contribution < 1.29 is 4.79 Å². The molecular formula is C17H15N5O. The van der Waals surface area contributed by atoms with Crippen LogP contribution < -0.4 is 0 Å². The van der Waals surface area contributed by atoms with Gasteiger partial charge in [-0.1, -0.05) is 12.1 Å². The van der Waals surface area contributed by atoms with Gasteiger partial charge in [0.25, 0.3) is 5.91 Å². The monoisotopic (exact) mass is 305 g/mol. The Hall–Kier alpha value is -3.02. The molecule has 4 rings (SSSR count). The Labute approximate surface area is 133 Å². The molecule has 1 aliphatic heterocycles. The summed E-state index contributed by atoms with van der Waals surface area (Å²) in [5.41, 5.74) is 2.75. The van der Waals surface area contributed by atoms with E-state index < -0.39 is 0 Å². The van der Waals surface area contributed by atoms with Crippen LogP contribution in [0.3, 0.4) is 0 Å². The maximum Gasteiger partial charge on any atom is 0.253 e. The van der Waals surface area contributed by atoms with Gasteiger partial charge in [-0.3, -0.25) is 14.3 Å². The van der Waals surface area contributed by atoms with Crippen molar-refractivity contribution in [2.75, 3.05) is 13.1 Å². The van der Waals surface area contributed by atoms with Crippen molar-refractivity contribution in [2.24, 2.45) is 0 Å². The van der Waals surface area contributed by atoms with Crippen LogP contribution in [-0.4, -0.2) is 43.6 Å². The Balaban J connectivity index is 1.48. The summed E-state index contributed by atoms with van der Waals surface area (Å²) in [7, 11) is 0. The van der Waals surface area contributed by atoms with E-state index in [1.54, 1.807) is 23.4 Å². The first-order valence-electron chi connectivity index (χ1n) is 7.45. The molecule has 0 radical (unpaired) electrons. The van der Waals surface area contributed by atoms with Gasteiger partial charge in [-0.2, -0.15) is 0 Å². The number of carbonyl (C=O) groups excluding carboxylic acids is 1. The lowest BCUT2D eigenvalue weighted by atomic mass is 9.92. The molecule has 6 heteroatoms. The van der Waals surface area contributed by atoms with Gasteiger partial charge < -0.3 is 4.90 Å². The van der Waals surface area contributed by atoms with E-state index in [0.29, 0.717) is 11.5 Å². The molecule has 114 valence electrons. The molecule has 0 spiro atoms. The molecule has 23 heavy (non-hydrogen) atoms. The Morgan fingerprint density at radius 2 is 1.91 bits per heavy atom. The summed E-state index contributed by atoms with van der Waals surface area (Å²) in [4.78, 5) is 18.6. The number of likely N-dealkylation sites (tertiary alicyclic amines) is 1. The van der Waals surface area contributed by atoms with Gasteiger partial charge in [0.15, 0.2) is 0 Å². The normalized spacial score (nSPS) is 14.5. The third kappa shape index (κ3) is 2.59. The molecule has 1 amide bonds. The minimum absolute atomic E-state index is 0.0556. The number of hydrogen-bond donors (Lipinski definition) is 0. The second-order valence-corrected chi connectivity index (χ2v) is 5.61. The summed E-state index contributed by atoms with van der Waals surface area (Å²) < 4.78 is 1.78. The Kier molecular flexibility index (Phi) is 3.34. The molecule has 1 aliphatic rings. The van der Waals surface area contributed by atoms with Gasteiger partial charge >= 0.3 is 0 Å². The topological polar surface area (TPSA) is 63.9 Å². The smallest absolute Gasteiger partial charge is 0.253 e. The van der Waals surface area contributed by atoms with Crippen LogP contribution in [0.15, 0.2) is 61.4 Å². The van der Waals surface area contributed by atoms with E-state index in [-0.39, 0.29) is 5.91 Å². The third-order valence-electron chi connectivity index (χ3n) is 4.13. The summed E-state index contributed by atoms with van der Waals surface area (Å²) in [6, 6.07) is 11.5. The number of benzene rings is 1. The van der Waals surface area contributed by atoms with Crippen molar-refractivity contribution in [3.05, 3.63) is 72.6 Å². The molecule has 0 atom stereocenters. The van der Waals surface area contributed by atoms with E-state index >= 15 is 0 Å². The fraction of sp³-hybridized carbons (Fsp3) is 0.176. The molecular weight excluding hydrogens is 290 g/mol. The highest BCUT2D eigenvalue weighted by Crippen LogP contribution is 2.27. The third-order valence-corrected chi connectivity index (χ3v) is 4.13. The summed E-state index contributed by atoms with van der Waals surface area (Å²) >= 11 is 0. The molecule has 0 N–H and O–H groups in total. The fourth-order valence-electron chi connectivity index (χ4n) is 2.79. The van der Waals surface area contributed by atoms with Crippen molar-refractivity contribution in [3.8, 4) is 5.69 Å². The van der Waals surface area contributed by atoms with Crippen LogP contribution in [0.25, 0.3) is 5.69 Å². The first-order chi connectivity index (χ1) is 11.3. The fourth-order valence-corrected chi connectivity index (χ4v) is 2.79. The number of nitrogens with zero attached hydrogens (tertiary/aromatic N) is 5. The van der Waals surface area contributed by atoms with E-state index in [0.717, 1.165) is 18.8 Å². The molecule has 0 unspecified atom stereocenters. The van der Waals surface area contributed by atoms with Crippen molar-refractivity contribution in [2.45, 2.75) is 5.92 Å². The van der Waals surface area contributed by atoms with Gasteiger partial charge in [-0.05, 0) is 29.8 Å². The van der Waals surface area contributed by atoms with Crippen LogP contribution in [0.4, 0.5) is 0 Å². The minimum atomic E-state index is 0.0556. The standard InChI is InChI=1S/C17H15N5O/c23-17(21-9-15(10-21)14-4-2-6-18-8-14)13-3-1-5-16(7-13)22-11-19-20-12-22/h1-8,11-12,15H,9-10H2. The summed E-state index contributed by atoms with van der Waals surface area (Å²) in [5, 5.41) is 7.58. The van der Waals surface area contributed by atoms with Crippen molar-refractivity contribution in [3.63, 3.8) is 0 Å². The lowest BCUT2D eigenvalue weighted by Crippen LogP contribution is -2.48. The van der Waals surface area contributed by atoms with Crippen molar-refractivity contribution in [1.29, 1.82) is 0 Å². The molecule has 2 aromatic heterocycles. The van der Waals surface area contributed by atoms with Crippen molar-refractivity contribution >= 4 is 5.91 Å². The molecule has 1 saturated heterocycles. The largest absolute Gasteiger partial charge is 0.337 e. The van der Waals surface area contributed by atoms with E-state index in [9.17, 15) is 4.79 Å². The van der Waals surface area contributed by atoms with E-state index in [1.807, 2.05) is 41.4 Å². The maximum atomic E-state index is 12.6. The van der Waals surface area contributed by atoms with Gasteiger partial charge in [-0.15, -0.1) is 10.2 Å². The average molecular weight is 305 g/mol. The van der Waals surface area contributed by atoms with Gasteiger partial charge in [0.1, 0.15) is 12.7 Å². The first-order valence-corrected chi connectivity index (χ1v) is 7.45. The highest BCUT2D eigenvalue weighted by molar-refractivity contribution is 5.95. The van der Waals surface area contributed by atoms with Crippen molar-refractivity contribution in [1.82, 2.24) is 24.6 Å². The van der Waals surface area contributed by atoms with E-state index in [4.69, 9.17) is 0 Å². The second kappa shape index (κ2) is 5.64. The van der Waals surface area contributed by atoms with E-state index in [2.05, 4.69) is 21.2 Å². The van der Waals surface area contributed by atoms with Crippen LogP contribution >= 0.6 is 0 Å². The lowest BCUT2D eigenvalue weighted by Gasteiger charge is -2.39. The zero-order chi connectivity index (χ0) is 15.6. The maximum absolute atomic E-state index is 12.6. The molecule has 1 fully saturated rings. The van der Waals surface area contributed by atoms with Crippen LogP contribution in [0.1, 0.15) is 21.8 Å². The summed E-state index contributed by atoms with van der Waals surface area (Å²) in [6.07, 6.45) is 6.87. The Morgan fingerprint density at radius 3 is 2.65 bits per heavy atom. The van der Waals surface area contributed by atoms with Gasteiger partial charge in [-0.25, -0.2) is 0 Å². The molecule has 3 heterocycles.